The molecule has 0 radical (unpaired) electrons. The fraction of sp³-hybridized carbons (Fsp3) is 0.538. The normalized spacial score (nSPS) is 19.2. The Labute approximate surface area is 129 Å². The highest BCUT2D eigenvalue weighted by molar-refractivity contribution is 7.92. The molecule has 0 saturated carbocycles. The average Bonchev–Trinajstić information content (AvgIpc) is 2.34. The van der Waals surface area contributed by atoms with Crippen molar-refractivity contribution in [1.29, 1.82) is 0 Å². The van der Waals surface area contributed by atoms with Gasteiger partial charge in [-0.05, 0) is 32.0 Å². The second kappa shape index (κ2) is 6.00. The van der Waals surface area contributed by atoms with Gasteiger partial charge in [0.05, 0.1) is 41.9 Å². The number of benzene rings is 1. The maximum Gasteiger partial charge on any atom is 0.229 e. The van der Waals surface area contributed by atoms with E-state index in [0.29, 0.717) is 29.6 Å². The van der Waals surface area contributed by atoms with Crippen LogP contribution >= 0.6 is 11.6 Å². The molecule has 1 aliphatic heterocycles. The zero-order valence-corrected chi connectivity index (χ0v) is 13.7. The number of halogens is 1. The molecule has 2 N–H and O–H groups in total. The van der Waals surface area contributed by atoms with Crippen molar-refractivity contribution in [3.8, 4) is 0 Å². The second-order valence-corrected chi connectivity index (χ2v) is 7.59. The van der Waals surface area contributed by atoms with Gasteiger partial charge in [0.1, 0.15) is 0 Å². The first-order valence-electron chi connectivity index (χ1n) is 6.46. The predicted molar refractivity (Wildman–Crippen MR) is 83.3 cm³/mol. The lowest BCUT2D eigenvalue weighted by molar-refractivity contribution is -0.247. The number of ether oxygens (including phenoxy) is 2. The molecule has 118 valence electrons. The van der Waals surface area contributed by atoms with Crippen molar-refractivity contribution in [1.82, 2.24) is 0 Å². The molecular weight excluding hydrogens is 316 g/mol. The summed E-state index contributed by atoms with van der Waals surface area (Å²) in [6.07, 6.45) is 1.10. The minimum Gasteiger partial charge on any atom is -0.376 e. The van der Waals surface area contributed by atoms with Crippen molar-refractivity contribution in [3.63, 3.8) is 0 Å². The van der Waals surface area contributed by atoms with Gasteiger partial charge in [-0.25, -0.2) is 8.42 Å². The first-order valence-corrected chi connectivity index (χ1v) is 8.73. The van der Waals surface area contributed by atoms with Gasteiger partial charge in [-0.1, -0.05) is 11.6 Å². The average molecular weight is 335 g/mol. The summed E-state index contributed by atoms with van der Waals surface area (Å²) in [5.41, 5.74) is 1.07. The molecule has 0 unspecified atom stereocenters. The topological polar surface area (TPSA) is 76.7 Å². The number of sulfonamides is 1. The third-order valence-corrected chi connectivity index (χ3v) is 3.83. The van der Waals surface area contributed by atoms with Crippen molar-refractivity contribution in [2.45, 2.75) is 25.7 Å². The summed E-state index contributed by atoms with van der Waals surface area (Å²) in [5, 5.41) is 3.70. The van der Waals surface area contributed by atoms with Crippen molar-refractivity contribution >= 4 is 33.0 Å². The Morgan fingerprint density at radius 2 is 1.90 bits per heavy atom. The summed E-state index contributed by atoms with van der Waals surface area (Å²) in [4.78, 5) is 0. The van der Waals surface area contributed by atoms with Gasteiger partial charge in [-0.3, -0.25) is 4.72 Å². The van der Waals surface area contributed by atoms with E-state index in [9.17, 15) is 8.42 Å². The van der Waals surface area contributed by atoms with E-state index < -0.39 is 15.8 Å². The van der Waals surface area contributed by atoms with Gasteiger partial charge >= 0.3 is 0 Å². The third kappa shape index (κ3) is 5.03. The molecule has 1 aliphatic rings. The van der Waals surface area contributed by atoms with Gasteiger partial charge in [-0.15, -0.1) is 0 Å². The fourth-order valence-corrected chi connectivity index (χ4v) is 2.64. The van der Waals surface area contributed by atoms with Crippen LogP contribution in [0.25, 0.3) is 0 Å². The Morgan fingerprint density at radius 1 is 1.29 bits per heavy atom. The summed E-state index contributed by atoms with van der Waals surface area (Å²) in [5.74, 6) is -0.582. The van der Waals surface area contributed by atoms with Gasteiger partial charge in [0.2, 0.25) is 10.0 Å². The van der Waals surface area contributed by atoms with Crippen LogP contribution in [0.4, 0.5) is 11.4 Å². The van der Waals surface area contributed by atoms with E-state index in [4.69, 9.17) is 21.1 Å². The third-order valence-electron chi connectivity index (χ3n) is 2.89. The van der Waals surface area contributed by atoms with Gasteiger partial charge < -0.3 is 14.8 Å². The first kappa shape index (κ1) is 16.4. The maximum absolute atomic E-state index is 11.3. The Morgan fingerprint density at radius 3 is 2.48 bits per heavy atom. The number of hydrogen-bond donors (Lipinski definition) is 2. The van der Waals surface area contributed by atoms with Crippen LogP contribution in [0.1, 0.15) is 13.8 Å². The molecule has 6 nitrogen and oxygen atoms in total. The zero-order chi connectivity index (χ0) is 15.7. The highest BCUT2D eigenvalue weighted by Crippen LogP contribution is 2.28. The Hall–Kier alpha value is -1.02. The van der Waals surface area contributed by atoms with Crippen molar-refractivity contribution in [2.75, 3.05) is 29.5 Å². The van der Waals surface area contributed by atoms with E-state index in [-0.39, 0.29) is 6.04 Å². The molecule has 2 rings (SSSR count). The van der Waals surface area contributed by atoms with Crippen LogP contribution in [-0.2, 0) is 19.5 Å². The molecule has 0 aromatic heterocycles. The molecule has 0 atom stereocenters. The van der Waals surface area contributed by atoms with Gasteiger partial charge in [-0.2, -0.15) is 0 Å². The number of nitrogens with one attached hydrogen (secondary N) is 2. The van der Waals surface area contributed by atoms with Crippen LogP contribution in [0.15, 0.2) is 18.2 Å². The van der Waals surface area contributed by atoms with Gasteiger partial charge in [0.25, 0.3) is 0 Å². The molecule has 1 fully saturated rings. The summed E-state index contributed by atoms with van der Waals surface area (Å²) < 4.78 is 36.0. The molecule has 1 heterocycles. The predicted octanol–water partition coefficient (Wildman–Crippen LogP) is 2.27. The Kier molecular flexibility index (Phi) is 4.67. The Bertz CT molecular complexity index is 609. The van der Waals surface area contributed by atoms with Gasteiger partial charge in [0.15, 0.2) is 5.79 Å². The van der Waals surface area contributed by atoms with Crippen LogP contribution < -0.4 is 10.0 Å². The highest BCUT2D eigenvalue weighted by Gasteiger charge is 2.28. The van der Waals surface area contributed by atoms with E-state index in [0.717, 1.165) is 6.26 Å². The first-order chi connectivity index (χ1) is 9.65. The lowest BCUT2D eigenvalue weighted by Gasteiger charge is -2.35. The number of hydrogen-bond acceptors (Lipinski definition) is 5. The van der Waals surface area contributed by atoms with Gasteiger partial charge in [0, 0.05) is 0 Å². The quantitative estimate of drug-likeness (QED) is 0.883. The minimum absolute atomic E-state index is 0.0518. The molecule has 0 aliphatic carbocycles. The second-order valence-electron chi connectivity index (χ2n) is 5.43. The van der Waals surface area contributed by atoms with Crippen LogP contribution in [0.2, 0.25) is 5.02 Å². The number of rotatable bonds is 4. The fourth-order valence-electron chi connectivity index (χ4n) is 1.91. The highest BCUT2D eigenvalue weighted by atomic mass is 35.5. The van der Waals surface area contributed by atoms with Crippen molar-refractivity contribution in [2.24, 2.45) is 0 Å². The van der Waals surface area contributed by atoms with E-state index in [1.54, 1.807) is 18.2 Å². The maximum atomic E-state index is 11.3. The lowest BCUT2D eigenvalue weighted by atomic mass is 10.2. The molecule has 0 spiro atoms. The SMILES string of the molecule is CC1(C)OCC(Nc2cc(NS(C)(=O)=O)ccc2Cl)CO1. The summed E-state index contributed by atoms with van der Waals surface area (Å²) in [6.45, 7) is 4.67. The smallest absolute Gasteiger partial charge is 0.229 e. The summed E-state index contributed by atoms with van der Waals surface area (Å²) in [7, 11) is -3.33. The standard InChI is InChI=1S/C13H19ClN2O4S/c1-13(2)19-7-10(8-20-13)15-12-6-9(4-5-11(12)14)16-21(3,17)18/h4-6,10,15-16H,7-8H2,1-3H3. The molecule has 8 heteroatoms. The lowest BCUT2D eigenvalue weighted by Crippen LogP contribution is -2.45. The van der Waals surface area contributed by atoms with E-state index in [2.05, 4.69) is 10.0 Å². The molecule has 21 heavy (non-hydrogen) atoms. The monoisotopic (exact) mass is 334 g/mol. The molecule has 1 aromatic carbocycles. The summed E-state index contributed by atoms with van der Waals surface area (Å²) >= 11 is 6.12. The minimum atomic E-state index is -3.33. The molecule has 0 amide bonds. The van der Waals surface area contributed by atoms with E-state index in [1.807, 2.05) is 13.8 Å². The van der Waals surface area contributed by atoms with Crippen LogP contribution in [-0.4, -0.2) is 39.7 Å². The van der Waals surface area contributed by atoms with Crippen LogP contribution in [0, 0.1) is 0 Å². The largest absolute Gasteiger partial charge is 0.376 e. The van der Waals surface area contributed by atoms with Crippen molar-refractivity contribution in [3.05, 3.63) is 23.2 Å². The molecule has 1 aromatic rings. The molecule has 1 saturated heterocycles. The molecule has 0 bridgehead atoms. The van der Waals surface area contributed by atoms with E-state index >= 15 is 0 Å². The van der Waals surface area contributed by atoms with Crippen molar-refractivity contribution < 1.29 is 17.9 Å². The zero-order valence-electron chi connectivity index (χ0n) is 12.1. The van der Waals surface area contributed by atoms with Crippen LogP contribution in [0.5, 0.6) is 0 Å². The van der Waals surface area contributed by atoms with Crippen LogP contribution in [0.3, 0.4) is 0 Å². The Balaban J connectivity index is 2.08. The summed E-state index contributed by atoms with van der Waals surface area (Å²) in [6, 6.07) is 4.82. The number of anilines is 2. The van der Waals surface area contributed by atoms with E-state index in [1.165, 1.54) is 0 Å². The molecular formula is C13H19ClN2O4S.